The molecule has 0 aromatic heterocycles. The molecule has 0 heterocycles. The normalized spacial score (nSPS) is 13.7. The van der Waals surface area contributed by atoms with Crippen LogP contribution in [0.15, 0.2) is 0 Å². The van der Waals surface area contributed by atoms with Crippen LogP contribution in [0.2, 0.25) is 0 Å². The zero-order chi connectivity index (χ0) is 11.3. The molecule has 0 aliphatic heterocycles. The molecule has 0 aliphatic rings. The third-order valence-corrected chi connectivity index (χ3v) is 1.94. The number of rotatable bonds is 4. The minimum absolute atomic E-state index is 0.792. The van der Waals surface area contributed by atoms with Crippen LogP contribution in [0.5, 0.6) is 0 Å². The maximum Gasteiger partial charge on any atom is 0.235 e. The number of nitrogens with two attached hydrogens (primary N) is 2. The van der Waals surface area contributed by atoms with Gasteiger partial charge < -0.3 is 11.5 Å². The summed E-state index contributed by atoms with van der Waals surface area (Å²) in [5.74, 6) is -4.86. The molecule has 0 spiro atoms. The quantitative estimate of drug-likeness (QED) is 0.585. The van der Waals surface area contributed by atoms with Crippen LogP contribution in [0.1, 0.15) is 6.92 Å². The van der Waals surface area contributed by atoms with Gasteiger partial charge in [0.2, 0.25) is 11.8 Å². The summed E-state index contributed by atoms with van der Waals surface area (Å²) in [7, 11) is 0. The van der Waals surface area contributed by atoms with Crippen LogP contribution in [0.3, 0.4) is 0 Å². The topological polar surface area (TPSA) is 134 Å². The lowest BCUT2D eigenvalue weighted by Gasteiger charge is -2.16. The summed E-state index contributed by atoms with van der Waals surface area (Å²) in [5, 5.41) is 17.2. The highest BCUT2D eigenvalue weighted by atomic mass is 16.1. The van der Waals surface area contributed by atoms with Gasteiger partial charge in [0.05, 0.1) is 12.1 Å². The molecule has 0 radical (unpaired) electrons. The van der Waals surface area contributed by atoms with Crippen molar-refractivity contribution in [2.45, 2.75) is 6.92 Å². The summed E-state index contributed by atoms with van der Waals surface area (Å²) in [6, 6.07) is 3.28. The molecule has 4 N–H and O–H groups in total. The van der Waals surface area contributed by atoms with Crippen molar-refractivity contribution in [1.29, 1.82) is 10.5 Å². The molecule has 0 bridgehead atoms. The van der Waals surface area contributed by atoms with E-state index in [1.165, 1.54) is 6.92 Å². The molecule has 0 saturated heterocycles. The minimum atomic E-state index is -1.17. The second-order valence-corrected chi connectivity index (χ2v) is 2.88. The van der Waals surface area contributed by atoms with Crippen molar-refractivity contribution in [3.63, 3.8) is 0 Å². The van der Waals surface area contributed by atoms with E-state index in [0.29, 0.717) is 0 Å². The molecule has 2 amide bonds. The smallest absolute Gasteiger partial charge is 0.235 e. The SMILES string of the molecule is CC([C@@H](C#N)C(N)=O)[C@@H](C#N)C(N)=O. The number of hydrogen-bond donors (Lipinski definition) is 2. The van der Waals surface area contributed by atoms with Gasteiger partial charge in [0.15, 0.2) is 0 Å². The Morgan fingerprint density at radius 2 is 1.36 bits per heavy atom. The molecule has 0 saturated carbocycles. The Morgan fingerprint density at radius 3 is 1.50 bits per heavy atom. The molecule has 6 heteroatoms. The van der Waals surface area contributed by atoms with Gasteiger partial charge in [0.1, 0.15) is 11.8 Å². The van der Waals surface area contributed by atoms with Crippen LogP contribution in [0.25, 0.3) is 0 Å². The van der Waals surface area contributed by atoms with E-state index in [-0.39, 0.29) is 0 Å². The van der Waals surface area contributed by atoms with Crippen molar-refractivity contribution in [3.8, 4) is 12.1 Å². The van der Waals surface area contributed by atoms with Crippen LogP contribution >= 0.6 is 0 Å². The first kappa shape index (κ1) is 11.9. The Morgan fingerprint density at radius 1 is 1.07 bits per heavy atom. The predicted octanol–water partition coefficient (Wildman–Crippen LogP) is -1.13. The molecule has 14 heavy (non-hydrogen) atoms. The second kappa shape index (κ2) is 4.83. The van der Waals surface area contributed by atoms with Gasteiger partial charge in [-0.05, 0) is 0 Å². The fourth-order valence-electron chi connectivity index (χ4n) is 1.07. The molecule has 0 unspecified atom stereocenters. The molecule has 0 aliphatic carbocycles. The summed E-state index contributed by atoms with van der Waals surface area (Å²) in [6.07, 6.45) is 0. The number of carbonyl (C=O) groups is 2. The van der Waals surface area contributed by atoms with E-state index in [2.05, 4.69) is 0 Å². The largest absolute Gasteiger partial charge is 0.369 e. The number of carbonyl (C=O) groups excluding carboxylic acids is 2. The second-order valence-electron chi connectivity index (χ2n) is 2.88. The Hall–Kier alpha value is -2.08. The first-order chi connectivity index (χ1) is 6.45. The third-order valence-electron chi connectivity index (χ3n) is 1.94. The van der Waals surface area contributed by atoms with E-state index < -0.39 is 29.6 Å². The highest BCUT2D eigenvalue weighted by Gasteiger charge is 2.32. The van der Waals surface area contributed by atoms with Crippen molar-refractivity contribution in [2.24, 2.45) is 29.2 Å². The third kappa shape index (κ3) is 2.46. The van der Waals surface area contributed by atoms with Crippen molar-refractivity contribution in [2.75, 3.05) is 0 Å². The summed E-state index contributed by atoms with van der Waals surface area (Å²) >= 11 is 0. The number of amides is 2. The van der Waals surface area contributed by atoms with Crippen LogP contribution in [-0.2, 0) is 9.59 Å². The Labute approximate surface area is 81.1 Å². The lowest BCUT2D eigenvalue weighted by atomic mass is 9.83. The van der Waals surface area contributed by atoms with E-state index in [1.807, 2.05) is 0 Å². The zero-order valence-corrected chi connectivity index (χ0v) is 7.60. The molecule has 0 aromatic carbocycles. The minimum Gasteiger partial charge on any atom is -0.369 e. The Balaban J connectivity index is 4.84. The fraction of sp³-hybridized carbons (Fsp3) is 0.500. The molecule has 2 atom stereocenters. The molecular formula is C8H10N4O2. The number of nitriles is 2. The monoisotopic (exact) mass is 194 g/mol. The molecule has 74 valence electrons. The van der Waals surface area contributed by atoms with E-state index in [0.717, 1.165) is 0 Å². The van der Waals surface area contributed by atoms with Gasteiger partial charge in [-0.15, -0.1) is 0 Å². The van der Waals surface area contributed by atoms with E-state index in [4.69, 9.17) is 22.0 Å². The van der Waals surface area contributed by atoms with Gasteiger partial charge in [-0.3, -0.25) is 9.59 Å². The summed E-state index contributed by atoms with van der Waals surface area (Å²) < 4.78 is 0. The average Bonchev–Trinajstić information content (AvgIpc) is 2.04. The maximum absolute atomic E-state index is 10.8. The van der Waals surface area contributed by atoms with Crippen molar-refractivity contribution in [3.05, 3.63) is 0 Å². The van der Waals surface area contributed by atoms with Gasteiger partial charge >= 0.3 is 0 Å². The first-order valence-corrected chi connectivity index (χ1v) is 3.83. The Kier molecular flexibility index (Phi) is 4.11. The van der Waals surface area contributed by atoms with E-state index in [9.17, 15) is 9.59 Å². The summed E-state index contributed by atoms with van der Waals surface area (Å²) in [6.45, 7) is 1.41. The fourth-order valence-corrected chi connectivity index (χ4v) is 1.07. The van der Waals surface area contributed by atoms with E-state index in [1.54, 1.807) is 12.1 Å². The molecule has 0 rings (SSSR count). The average molecular weight is 194 g/mol. The number of hydrogen-bond acceptors (Lipinski definition) is 4. The molecular weight excluding hydrogens is 184 g/mol. The first-order valence-electron chi connectivity index (χ1n) is 3.83. The van der Waals surface area contributed by atoms with Gasteiger partial charge in [-0.2, -0.15) is 10.5 Å². The van der Waals surface area contributed by atoms with E-state index >= 15 is 0 Å². The molecule has 0 fully saturated rings. The number of primary amides is 2. The van der Waals surface area contributed by atoms with Gasteiger partial charge in [-0.25, -0.2) is 0 Å². The molecule has 0 aromatic rings. The van der Waals surface area contributed by atoms with Crippen LogP contribution in [0.4, 0.5) is 0 Å². The molecule has 6 nitrogen and oxygen atoms in total. The van der Waals surface area contributed by atoms with Crippen LogP contribution in [0, 0.1) is 40.4 Å². The van der Waals surface area contributed by atoms with Crippen molar-refractivity contribution in [1.82, 2.24) is 0 Å². The lowest BCUT2D eigenvalue weighted by molar-refractivity contribution is -0.124. The summed E-state index contributed by atoms with van der Waals surface area (Å²) in [4.78, 5) is 21.5. The standard InChI is InChI=1S/C8H10N4O2/c1-4(5(2-9)7(11)13)6(3-10)8(12)14/h4-6H,1H3,(H2,11,13)(H2,12,14)/t5-,6-/m1/s1. The number of nitrogens with zero attached hydrogens (tertiary/aromatic N) is 2. The predicted molar refractivity (Wildman–Crippen MR) is 45.8 cm³/mol. The van der Waals surface area contributed by atoms with Gasteiger partial charge in [0, 0.05) is 5.92 Å². The highest BCUT2D eigenvalue weighted by molar-refractivity contribution is 5.83. The van der Waals surface area contributed by atoms with Gasteiger partial charge in [-0.1, -0.05) is 6.92 Å². The van der Waals surface area contributed by atoms with Crippen molar-refractivity contribution >= 4 is 11.8 Å². The highest BCUT2D eigenvalue weighted by Crippen LogP contribution is 2.19. The van der Waals surface area contributed by atoms with Gasteiger partial charge in [0.25, 0.3) is 0 Å². The summed E-state index contributed by atoms with van der Waals surface area (Å²) in [5.41, 5.74) is 9.84. The van der Waals surface area contributed by atoms with Crippen LogP contribution < -0.4 is 11.5 Å². The maximum atomic E-state index is 10.8. The van der Waals surface area contributed by atoms with Crippen LogP contribution in [-0.4, -0.2) is 11.8 Å². The zero-order valence-electron chi connectivity index (χ0n) is 7.60. The Bertz CT molecular complexity index is 293. The lowest BCUT2D eigenvalue weighted by Crippen LogP contribution is -2.36. The van der Waals surface area contributed by atoms with Crippen molar-refractivity contribution < 1.29 is 9.59 Å².